The first kappa shape index (κ1) is 16.1. The first-order valence-electron chi connectivity index (χ1n) is 8.43. The Morgan fingerprint density at radius 1 is 1.17 bits per heavy atom. The summed E-state index contributed by atoms with van der Waals surface area (Å²) in [5, 5.41) is 0. The molecule has 1 aliphatic carbocycles. The highest BCUT2D eigenvalue weighted by molar-refractivity contribution is 5.08. The van der Waals surface area contributed by atoms with Crippen LogP contribution in [0.2, 0.25) is 0 Å². The average molecular weight is 252 g/mol. The second-order valence-electron chi connectivity index (χ2n) is 7.20. The van der Waals surface area contributed by atoms with Gasteiger partial charge in [0, 0.05) is 0 Å². The molecule has 4 unspecified atom stereocenters. The first-order chi connectivity index (χ1) is 8.43. The molecule has 1 saturated carbocycles. The minimum absolute atomic E-state index is 0.534. The van der Waals surface area contributed by atoms with Crippen LogP contribution in [0.25, 0.3) is 0 Å². The van der Waals surface area contributed by atoms with Crippen LogP contribution >= 0.6 is 0 Å². The van der Waals surface area contributed by atoms with Crippen molar-refractivity contribution in [2.24, 2.45) is 28.6 Å². The van der Waals surface area contributed by atoms with Crippen molar-refractivity contribution in [3.05, 3.63) is 0 Å². The van der Waals surface area contributed by atoms with Gasteiger partial charge in [-0.1, -0.05) is 67.7 Å². The van der Waals surface area contributed by atoms with Crippen molar-refractivity contribution in [2.75, 3.05) is 0 Å². The van der Waals surface area contributed by atoms with E-state index in [1.165, 1.54) is 38.5 Å². The third-order valence-corrected chi connectivity index (χ3v) is 6.78. The molecule has 0 saturated heterocycles. The Hall–Kier alpha value is 0. The monoisotopic (exact) mass is 252 g/mol. The normalized spacial score (nSPS) is 35.3. The fourth-order valence-corrected chi connectivity index (χ4v) is 5.25. The molecule has 18 heavy (non-hydrogen) atoms. The van der Waals surface area contributed by atoms with E-state index in [1.807, 2.05) is 0 Å². The molecule has 108 valence electrons. The zero-order chi connectivity index (χ0) is 14.0. The Balaban J connectivity index is 3.00. The fourth-order valence-electron chi connectivity index (χ4n) is 5.25. The Morgan fingerprint density at radius 2 is 1.78 bits per heavy atom. The van der Waals surface area contributed by atoms with Crippen LogP contribution in [-0.2, 0) is 0 Å². The van der Waals surface area contributed by atoms with Crippen molar-refractivity contribution in [3.63, 3.8) is 0 Å². The van der Waals surface area contributed by atoms with Crippen LogP contribution in [0.15, 0.2) is 0 Å². The maximum atomic E-state index is 2.58. The van der Waals surface area contributed by atoms with Crippen molar-refractivity contribution in [1.82, 2.24) is 0 Å². The van der Waals surface area contributed by atoms with Crippen LogP contribution in [0.3, 0.4) is 0 Å². The Labute approximate surface area is 116 Å². The van der Waals surface area contributed by atoms with Crippen LogP contribution in [0, 0.1) is 28.6 Å². The Kier molecular flexibility index (Phi) is 5.32. The van der Waals surface area contributed by atoms with E-state index in [9.17, 15) is 0 Å². The molecule has 0 heteroatoms. The summed E-state index contributed by atoms with van der Waals surface area (Å²) >= 11 is 0. The van der Waals surface area contributed by atoms with Crippen molar-refractivity contribution in [1.29, 1.82) is 0 Å². The maximum absolute atomic E-state index is 2.58. The van der Waals surface area contributed by atoms with Gasteiger partial charge < -0.3 is 0 Å². The molecule has 0 radical (unpaired) electrons. The minimum atomic E-state index is 0.534. The van der Waals surface area contributed by atoms with Crippen molar-refractivity contribution < 1.29 is 0 Å². The third-order valence-electron chi connectivity index (χ3n) is 6.78. The molecule has 0 amide bonds. The molecule has 0 heterocycles. The van der Waals surface area contributed by atoms with E-state index in [1.54, 1.807) is 0 Å². The largest absolute Gasteiger partial charge is 0.0654 e. The van der Waals surface area contributed by atoms with E-state index in [0.29, 0.717) is 10.8 Å². The van der Waals surface area contributed by atoms with E-state index in [0.717, 1.165) is 17.8 Å². The van der Waals surface area contributed by atoms with Gasteiger partial charge in [0.15, 0.2) is 0 Å². The second-order valence-corrected chi connectivity index (χ2v) is 7.20. The zero-order valence-electron chi connectivity index (χ0n) is 14.0. The summed E-state index contributed by atoms with van der Waals surface area (Å²) in [6.45, 7) is 17.1. The lowest BCUT2D eigenvalue weighted by Gasteiger charge is -2.65. The molecule has 1 aliphatic rings. The number of hydrogen-bond donors (Lipinski definition) is 0. The fraction of sp³-hybridized carbons (Fsp3) is 1.00. The zero-order valence-corrected chi connectivity index (χ0v) is 14.0. The van der Waals surface area contributed by atoms with E-state index in [2.05, 4.69) is 48.5 Å². The third kappa shape index (κ3) is 2.14. The highest BCUT2D eigenvalue weighted by Gasteiger charge is 2.60. The summed E-state index contributed by atoms with van der Waals surface area (Å²) in [6, 6.07) is 0. The van der Waals surface area contributed by atoms with Crippen LogP contribution in [0.5, 0.6) is 0 Å². The van der Waals surface area contributed by atoms with Gasteiger partial charge in [-0.25, -0.2) is 0 Å². The van der Waals surface area contributed by atoms with E-state index >= 15 is 0 Å². The molecule has 0 nitrogen and oxygen atoms in total. The number of hydrogen-bond acceptors (Lipinski definition) is 0. The average Bonchev–Trinajstić information content (AvgIpc) is 2.33. The van der Waals surface area contributed by atoms with E-state index in [4.69, 9.17) is 0 Å². The molecule has 0 aromatic heterocycles. The van der Waals surface area contributed by atoms with Crippen LogP contribution in [-0.4, -0.2) is 0 Å². The predicted molar refractivity (Wildman–Crippen MR) is 82.8 cm³/mol. The maximum Gasteiger partial charge on any atom is -0.0210 e. The molecule has 0 bridgehead atoms. The molecular formula is C18H36. The second kappa shape index (κ2) is 5.97. The lowest BCUT2D eigenvalue weighted by molar-refractivity contribution is -0.166. The van der Waals surface area contributed by atoms with Gasteiger partial charge in [0.05, 0.1) is 0 Å². The summed E-state index contributed by atoms with van der Waals surface area (Å²) in [6.07, 6.45) is 8.44. The Morgan fingerprint density at radius 3 is 2.11 bits per heavy atom. The molecule has 0 aromatic carbocycles. The van der Waals surface area contributed by atoms with Gasteiger partial charge in [0.25, 0.3) is 0 Å². The van der Waals surface area contributed by atoms with Crippen molar-refractivity contribution in [3.8, 4) is 0 Å². The predicted octanol–water partition coefficient (Wildman–Crippen LogP) is 6.30. The molecule has 0 aromatic rings. The smallest absolute Gasteiger partial charge is 0.0210 e. The van der Waals surface area contributed by atoms with Crippen molar-refractivity contribution in [2.45, 2.75) is 87.0 Å². The molecule has 1 fully saturated rings. The molecule has 0 spiro atoms. The lowest BCUT2D eigenvalue weighted by atomic mass is 9.39. The quantitative estimate of drug-likeness (QED) is 0.498. The van der Waals surface area contributed by atoms with Crippen LogP contribution < -0.4 is 0 Å². The lowest BCUT2D eigenvalue weighted by Crippen LogP contribution is -2.58. The van der Waals surface area contributed by atoms with Gasteiger partial charge in [-0.15, -0.1) is 0 Å². The molecule has 1 rings (SSSR count). The SMILES string of the molecule is CCCC1CC(CC)(C(C)(CC)C(C)C)C1CC. The van der Waals surface area contributed by atoms with Gasteiger partial charge in [0.2, 0.25) is 0 Å². The summed E-state index contributed by atoms with van der Waals surface area (Å²) in [5.74, 6) is 2.80. The first-order valence-corrected chi connectivity index (χ1v) is 8.43. The van der Waals surface area contributed by atoms with Gasteiger partial charge >= 0.3 is 0 Å². The van der Waals surface area contributed by atoms with E-state index in [-0.39, 0.29) is 0 Å². The van der Waals surface area contributed by atoms with Gasteiger partial charge in [0.1, 0.15) is 0 Å². The van der Waals surface area contributed by atoms with Crippen LogP contribution in [0.1, 0.15) is 87.0 Å². The highest BCUT2D eigenvalue weighted by atomic mass is 14.6. The standard InChI is InChI=1S/C18H36/c1-8-12-15-13-18(11-4,16(15)9-2)17(7,10-3)14(5)6/h14-16H,8-13H2,1-7H3. The van der Waals surface area contributed by atoms with Gasteiger partial charge in [-0.2, -0.15) is 0 Å². The topological polar surface area (TPSA) is 0 Å². The van der Waals surface area contributed by atoms with E-state index < -0.39 is 0 Å². The summed E-state index contributed by atoms with van der Waals surface area (Å²) in [7, 11) is 0. The van der Waals surface area contributed by atoms with Gasteiger partial charge in [-0.05, 0) is 47.8 Å². The molecule has 0 aliphatic heterocycles. The Bertz CT molecular complexity index is 255. The summed E-state index contributed by atoms with van der Waals surface area (Å²) in [4.78, 5) is 0. The summed E-state index contributed by atoms with van der Waals surface area (Å²) < 4.78 is 0. The minimum Gasteiger partial charge on any atom is -0.0654 e. The highest BCUT2D eigenvalue weighted by Crippen LogP contribution is 2.67. The number of rotatable bonds is 7. The summed E-state index contributed by atoms with van der Waals surface area (Å²) in [5.41, 5.74) is 1.16. The molecule has 0 N–H and O–H groups in total. The molecule has 4 atom stereocenters. The van der Waals surface area contributed by atoms with Crippen LogP contribution in [0.4, 0.5) is 0 Å². The van der Waals surface area contributed by atoms with Gasteiger partial charge in [-0.3, -0.25) is 0 Å². The van der Waals surface area contributed by atoms with Crippen molar-refractivity contribution >= 4 is 0 Å². The molecular weight excluding hydrogens is 216 g/mol.